The van der Waals surface area contributed by atoms with Crippen molar-refractivity contribution in [1.82, 2.24) is 10.2 Å². The second-order valence-electron chi connectivity index (χ2n) is 6.64. The summed E-state index contributed by atoms with van der Waals surface area (Å²) >= 11 is 6.21. The summed E-state index contributed by atoms with van der Waals surface area (Å²) in [5.41, 5.74) is 3.11. The molecule has 0 aromatic heterocycles. The fourth-order valence-electron chi connectivity index (χ4n) is 3.06. The summed E-state index contributed by atoms with van der Waals surface area (Å²) in [4.78, 5) is 27.0. The Balaban J connectivity index is 2.19. The minimum absolute atomic E-state index is 0.0501. The van der Waals surface area contributed by atoms with E-state index < -0.39 is 6.04 Å². The molecule has 2 amide bonds. The first-order valence-electron chi connectivity index (χ1n) is 9.26. The third kappa shape index (κ3) is 5.83. The van der Waals surface area contributed by atoms with Crippen LogP contribution in [-0.2, 0) is 22.6 Å². The van der Waals surface area contributed by atoms with Crippen LogP contribution < -0.4 is 5.32 Å². The van der Waals surface area contributed by atoms with Gasteiger partial charge in [-0.2, -0.15) is 0 Å². The van der Waals surface area contributed by atoms with Crippen LogP contribution >= 0.6 is 11.6 Å². The molecule has 0 fully saturated rings. The van der Waals surface area contributed by atoms with Crippen LogP contribution in [0.15, 0.2) is 48.5 Å². The van der Waals surface area contributed by atoms with E-state index in [1.54, 1.807) is 11.9 Å². The fraction of sp³-hybridized carbons (Fsp3) is 0.364. The van der Waals surface area contributed by atoms with E-state index in [0.29, 0.717) is 30.8 Å². The summed E-state index contributed by atoms with van der Waals surface area (Å²) in [5.74, 6) is -0.193. The van der Waals surface area contributed by atoms with Crippen LogP contribution in [0.4, 0.5) is 0 Å². The normalized spacial score (nSPS) is 11.7. The molecular formula is C22H27ClN2O2. The number of nitrogens with zero attached hydrogens (tertiary/aromatic N) is 1. The van der Waals surface area contributed by atoms with E-state index in [9.17, 15) is 9.59 Å². The van der Waals surface area contributed by atoms with Gasteiger partial charge in [0.15, 0.2) is 0 Å². The molecule has 0 saturated carbocycles. The third-order valence-electron chi connectivity index (χ3n) is 4.67. The Morgan fingerprint density at radius 1 is 1.11 bits per heavy atom. The van der Waals surface area contributed by atoms with E-state index in [0.717, 1.165) is 16.7 Å². The number of rotatable bonds is 8. The lowest BCUT2D eigenvalue weighted by molar-refractivity contribution is -0.141. The lowest BCUT2D eigenvalue weighted by Gasteiger charge is -2.30. The lowest BCUT2D eigenvalue weighted by atomic mass is 10.1. The van der Waals surface area contributed by atoms with Crippen molar-refractivity contribution in [2.24, 2.45) is 0 Å². The summed E-state index contributed by atoms with van der Waals surface area (Å²) in [7, 11) is 1.60. The number of likely N-dealkylation sites (N-methyl/N-ethyl adjacent to an activating group) is 1. The molecule has 1 unspecified atom stereocenters. The number of nitrogens with one attached hydrogen (secondary N) is 1. The van der Waals surface area contributed by atoms with E-state index >= 15 is 0 Å². The SMILES string of the molecule is CCC(C(=O)NC)N(Cc1ccc(C)cc1)C(=O)CCc1ccccc1Cl. The van der Waals surface area contributed by atoms with Crippen molar-refractivity contribution in [2.75, 3.05) is 7.05 Å². The number of amides is 2. The van der Waals surface area contributed by atoms with Gasteiger partial charge in [0.2, 0.25) is 11.8 Å². The molecule has 0 radical (unpaired) electrons. The Morgan fingerprint density at radius 2 is 1.78 bits per heavy atom. The highest BCUT2D eigenvalue weighted by molar-refractivity contribution is 6.31. The number of benzene rings is 2. The third-order valence-corrected chi connectivity index (χ3v) is 5.04. The molecule has 144 valence electrons. The molecule has 0 aliphatic rings. The second kappa shape index (κ2) is 10.1. The van der Waals surface area contributed by atoms with Gasteiger partial charge in [-0.25, -0.2) is 0 Å². The maximum absolute atomic E-state index is 13.0. The highest BCUT2D eigenvalue weighted by Crippen LogP contribution is 2.19. The summed E-state index contributed by atoms with van der Waals surface area (Å²) in [6.45, 7) is 4.35. The molecule has 0 bridgehead atoms. The number of carbonyl (C=O) groups excluding carboxylic acids is 2. The van der Waals surface area contributed by atoms with E-state index in [1.165, 1.54) is 0 Å². The predicted octanol–water partition coefficient (Wildman–Crippen LogP) is 4.13. The fourth-order valence-corrected chi connectivity index (χ4v) is 3.29. The van der Waals surface area contributed by atoms with E-state index in [4.69, 9.17) is 11.6 Å². The van der Waals surface area contributed by atoms with Crippen molar-refractivity contribution < 1.29 is 9.59 Å². The number of carbonyl (C=O) groups is 2. The van der Waals surface area contributed by atoms with Gasteiger partial charge in [-0.3, -0.25) is 9.59 Å². The Labute approximate surface area is 166 Å². The Bertz CT molecular complexity index is 774. The number of hydrogen-bond donors (Lipinski definition) is 1. The molecule has 2 aromatic carbocycles. The molecule has 2 aromatic rings. The zero-order chi connectivity index (χ0) is 19.8. The lowest BCUT2D eigenvalue weighted by Crippen LogP contribution is -2.48. The molecule has 0 aliphatic carbocycles. The average Bonchev–Trinajstić information content (AvgIpc) is 2.68. The van der Waals surface area contributed by atoms with Crippen molar-refractivity contribution in [2.45, 2.75) is 45.7 Å². The minimum Gasteiger partial charge on any atom is -0.357 e. The topological polar surface area (TPSA) is 49.4 Å². The van der Waals surface area contributed by atoms with Gasteiger partial charge in [-0.05, 0) is 37.0 Å². The van der Waals surface area contributed by atoms with E-state index in [2.05, 4.69) is 5.32 Å². The van der Waals surface area contributed by atoms with Gasteiger partial charge in [0.25, 0.3) is 0 Å². The molecule has 0 heterocycles. The highest BCUT2D eigenvalue weighted by atomic mass is 35.5. The molecule has 5 heteroatoms. The van der Waals surface area contributed by atoms with Crippen molar-refractivity contribution in [3.05, 3.63) is 70.2 Å². The number of halogens is 1. The van der Waals surface area contributed by atoms with Gasteiger partial charge in [0.1, 0.15) is 6.04 Å². The maximum atomic E-state index is 13.0. The maximum Gasteiger partial charge on any atom is 0.242 e. The van der Waals surface area contributed by atoms with Crippen LogP contribution in [0.1, 0.15) is 36.5 Å². The average molecular weight is 387 g/mol. The van der Waals surface area contributed by atoms with Gasteiger partial charge in [0.05, 0.1) is 0 Å². The van der Waals surface area contributed by atoms with E-state index in [-0.39, 0.29) is 11.8 Å². The molecule has 0 aliphatic heterocycles. The Hall–Kier alpha value is -2.33. The molecule has 1 N–H and O–H groups in total. The summed E-state index contributed by atoms with van der Waals surface area (Å²) in [6.07, 6.45) is 1.42. The highest BCUT2D eigenvalue weighted by Gasteiger charge is 2.27. The first-order chi connectivity index (χ1) is 13.0. The Morgan fingerprint density at radius 3 is 2.37 bits per heavy atom. The van der Waals surface area contributed by atoms with Gasteiger partial charge in [-0.15, -0.1) is 0 Å². The second-order valence-corrected chi connectivity index (χ2v) is 7.04. The van der Waals surface area contributed by atoms with Gasteiger partial charge < -0.3 is 10.2 Å². The van der Waals surface area contributed by atoms with Crippen LogP contribution in [0.3, 0.4) is 0 Å². The summed E-state index contributed by atoms with van der Waals surface area (Å²) in [6, 6.07) is 15.1. The minimum atomic E-state index is -0.491. The molecule has 1 atom stereocenters. The monoisotopic (exact) mass is 386 g/mol. The molecular weight excluding hydrogens is 360 g/mol. The van der Waals surface area contributed by atoms with Crippen molar-refractivity contribution >= 4 is 23.4 Å². The molecule has 2 rings (SSSR count). The van der Waals surface area contributed by atoms with Crippen LogP contribution in [0.2, 0.25) is 5.02 Å². The van der Waals surface area contributed by atoms with E-state index in [1.807, 2.05) is 62.4 Å². The summed E-state index contributed by atoms with van der Waals surface area (Å²) in [5, 5.41) is 3.34. The van der Waals surface area contributed by atoms with Crippen LogP contribution in [-0.4, -0.2) is 29.8 Å². The molecule has 0 saturated heterocycles. The van der Waals surface area contributed by atoms with Crippen molar-refractivity contribution in [3.8, 4) is 0 Å². The van der Waals surface area contributed by atoms with Gasteiger partial charge in [0, 0.05) is 25.0 Å². The molecule has 27 heavy (non-hydrogen) atoms. The number of aryl methyl sites for hydroxylation is 2. The number of hydrogen-bond acceptors (Lipinski definition) is 2. The largest absolute Gasteiger partial charge is 0.357 e. The first-order valence-corrected chi connectivity index (χ1v) is 9.64. The standard InChI is InChI=1S/C22H27ClN2O2/c1-4-20(22(27)24-3)25(15-17-11-9-16(2)10-12-17)21(26)14-13-18-7-5-6-8-19(18)23/h5-12,20H,4,13-15H2,1-3H3,(H,24,27). The zero-order valence-electron chi connectivity index (χ0n) is 16.2. The van der Waals surface area contributed by atoms with Crippen molar-refractivity contribution in [3.63, 3.8) is 0 Å². The molecule has 4 nitrogen and oxygen atoms in total. The zero-order valence-corrected chi connectivity index (χ0v) is 16.9. The van der Waals surface area contributed by atoms with Crippen molar-refractivity contribution in [1.29, 1.82) is 0 Å². The Kier molecular flexibility index (Phi) is 7.86. The predicted molar refractivity (Wildman–Crippen MR) is 110 cm³/mol. The van der Waals surface area contributed by atoms with Crippen LogP contribution in [0.5, 0.6) is 0 Å². The van der Waals surface area contributed by atoms with Gasteiger partial charge in [-0.1, -0.05) is 66.6 Å². The molecule has 0 spiro atoms. The quantitative estimate of drug-likeness (QED) is 0.741. The van der Waals surface area contributed by atoms with Crippen LogP contribution in [0.25, 0.3) is 0 Å². The van der Waals surface area contributed by atoms with Crippen LogP contribution in [0, 0.1) is 6.92 Å². The van der Waals surface area contributed by atoms with Gasteiger partial charge >= 0.3 is 0 Å². The smallest absolute Gasteiger partial charge is 0.242 e. The first kappa shape index (κ1) is 21.0. The summed E-state index contributed by atoms with van der Waals surface area (Å²) < 4.78 is 0.